The molecule has 2 rings (SSSR count). The lowest BCUT2D eigenvalue weighted by Gasteiger charge is -2.14. The van der Waals surface area contributed by atoms with E-state index in [1.165, 1.54) is 0 Å². The van der Waals surface area contributed by atoms with Gasteiger partial charge in [-0.1, -0.05) is 11.8 Å². The van der Waals surface area contributed by atoms with Crippen LogP contribution in [0, 0.1) is 23.7 Å². The van der Waals surface area contributed by atoms with Crippen molar-refractivity contribution < 1.29 is 19.8 Å². The Hall–Kier alpha value is -3.58. The standard InChI is InChI=1S/C21H18N2O4/c22-13-19(20(26)14-24)23-21(27)17-9-5-15(6-10-17)3-1-2-4-16-7-11-18(25)12-8-16/h5-12,19,24-25H,13-14,22H2,(H,23,27)/t19-/m0/s1. The minimum Gasteiger partial charge on any atom is -0.508 e. The lowest BCUT2D eigenvalue weighted by atomic mass is 10.1. The van der Waals surface area contributed by atoms with Crippen molar-refractivity contribution in [1.29, 1.82) is 0 Å². The number of rotatable bonds is 5. The first kappa shape index (κ1) is 19.7. The van der Waals surface area contributed by atoms with Crippen LogP contribution in [0.25, 0.3) is 0 Å². The quantitative estimate of drug-likeness (QED) is 0.576. The Kier molecular flexibility index (Phi) is 7.16. The molecule has 0 saturated heterocycles. The average molecular weight is 362 g/mol. The van der Waals surface area contributed by atoms with Crippen molar-refractivity contribution in [2.45, 2.75) is 6.04 Å². The number of hydrogen-bond acceptors (Lipinski definition) is 5. The highest BCUT2D eigenvalue weighted by Gasteiger charge is 2.18. The zero-order chi connectivity index (χ0) is 19.6. The van der Waals surface area contributed by atoms with Gasteiger partial charge in [0.25, 0.3) is 5.91 Å². The van der Waals surface area contributed by atoms with E-state index in [4.69, 9.17) is 10.8 Å². The van der Waals surface area contributed by atoms with Crippen LogP contribution in [0.1, 0.15) is 21.5 Å². The maximum atomic E-state index is 12.1. The second-order valence-corrected chi connectivity index (χ2v) is 5.51. The minimum absolute atomic E-state index is 0.0889. The van der Waals surface area contributed by atoms with E-state index in [-0.39, 0.29) is 12.3 Å². The number of ketones is 1. The van der Waals surface area contributed by atoms with Gasteiger partial charge in [-0.2, -0.15) is 0 Å². The summed E-state index contributed by atoms with van der Waals surface area (Å²) in [4.78, 5) is 23.6. The Morgan fingerprint density at radius 2 is 1.48 bits per heavy atom. The van der Waals surface area contributed by atoms with Crippen molar-refractivity contribution >= 4 is 11.7 Å². The van der Waals surface area contributed by atoms with Crippen LogP contribution < -0.4 is 11.1 Å². The molecule has 0 heterocycles. The van der Waals surface area contributed by atoms with Crippen molar-refractivity contribution in [2.75, 3.05) is 13.2 Å². The van der Waals surface area contributed by atoms with Crippen LogP contribution in [0.5, 0.6) is 5.75 Å². The van der Waals surface area contributed by atoms with Crippen LogP contribution in [0.4, 0.5) is 0 Å². The Bertz CT molecular complexity index is 927. The minimum atomic E-state index is -0.919. The SMILES string of the molecule is NC[C@H](NC(=O)c1ccc(C#CC#Cc2ccc(O)cc2)cc1)C(=O)CO. The second kappa shape index (κ2) is 9.79. The van der Waals surface area contributed by atoms with Gasteiger partial charge in [0.15, 0.2) is 5.78 Å². The van der Waals surface area contributed by atoms with Gasteiger partial charge in [-0.05, 0) is 60.4 Å². The monoisotopic (exact) mass is 362 g/mol. The molecule has 5 N–H and O–H groups in total. The van der Waals surface area contributed by atoms with Gasteiger partial charge in [0, 0.05) is 23.2 Å². The molecule has 0 radical (unpaired) electrons. The average Bonchev–Trinajstić information content (AvgIpc) is 2.70. The second-order valence-electron chi connectivity index (χ2n) is 5.51. The molecule has 0 saturated carbocycles. The van der Waals surface area contributed by atoms with E-state index in [1.54, 1.807) is 48.5 Å². The summed E-state index contributed by atoms with van der Waals surface area (Å²) in [5, 5.41) is 20.5. The van der Waals surface area contributed by atoms with Gasteiger partial charge >= 0.3 is 0 Å². The highest BCUT2D eigenvalue weighted by atomic mass is 16.3. The zero-order valence-electron chi connectivity index (χ0n) is 14.4. The lowest BCUT2D eigenvalue weighted by molar-refractivity contribution is -0.123. The Labute approximate surface area is 157 Å². The van der Waals surface area contributed by atoms with E-state index in [1.807, 2.05) is 0 Å². The highest BCUT2D eigenvalue weighted by Crippen LogP contribution is 2.08. The van der Waals surface area contributed by atoms with Crippen molar-refractivity contribution in [3.8, 4) is 29.4 Å². The van der Waals surface area contributed by atoms with Crippen LogP contribution >= 0.6 is 0 Å². The third kappa shape index (κ3) is 6.02. The van der Waals surface area contributed by atoms with Gasteiger partial charge in [0.1, 0.15) is 18.4 Å². The fourth-order valence-electron chi connectivity index (χ4n) is 2.08. The van der Waals surface area contributed by atoms with Gasteiger partial charge in [0.2, 0.25) is 0 Å². The van der Waals surface area contributed by atoms with Crippen molar-refractivity contribution in [2.24, 2.45) is 5.73 Å². The van der Waals surface area contributed by atoms with Gasteiger partial charge in [-0.15, -0.1) is 0 Å². The van der Waals surface area contributed by atoms with Gasteiger partial charge in [0.05, 0.1) is 0 Å². The molecule has 0 unspecified atom stereocenters. The number of carbonyl (C=O) groups is 2. The number of nitrogens with two attached hydrogens (primary N) is 1. The van der Waals surface area contributed by atoms with Crippen LogP contribution in [0.15, 0.2) is 48.5 Å². The van der Waals surface area contributed by atoms with E-state index in [0.29, 0.717) is 11.1 Å². The summed E-state index contributed by atoms with van der Waals surface area (Å²) in [5.41, 5.74) is 7.19. The third-order valence-electron chi connectivity index (χ3n) is 3.58. The topological polar surface area (TPSA) is 113 Å². The summed E-state index contributed by atoms with van der Waals surface area (Å²) in [5.74, 6) is 10.3. The number of phenolic OH excluding ortho intramolecular Hbond substituents is 1. The molecular weight excluding hydrogens is 344 g/mol. The molecule has 0 aromatic heterocycles. The molecule has 0 aliphatic rings. The molecule has 2 aromatic carbocycles. The first-order valence-corrected chi connectivity index (χ1v) is 8.09. The number of phenols is 1. The number of carbonyl (C=O) groups excluding carboxylic acids is 2. The summed E-state index contributed by atoms with van der Waals surface area (Å²) in [6.45, 7) is -0.768. The first-order chi connectivity index (χ1) is 13.0. The molecule has 1 amide bonds. The van der Waals surface area contributed by atoms with E-state index in [0.717, 1.165) is 5.56 Å². The molecule has 0 aliphatic carbocycles. The number of amides is 1. The number of aliphatic hydroxyl groups excluding tert-OH is 1. The molecule has 6 heteroatoms. The fraction of sp³-hybridized carbons (Fsp3) is 0.143. The summed E-state index contributed by atoms with van der Waals surface area (Å²) >= 11 is 0. The molecule has 0 fully saturated rings. The molecule has 136 valence electrons. The van der Waals surface area contributed by atoms with Crippen LogP contribution in [-0.2, 0) is 4.79 Å². The van der Waals surface area contributed by atoms with Crippen LogP contribution in [-0.4, -0.2) is 41.1 Å². The Morgan fingerprint density at radius 1 is 0.963 bits per heavy atom. The van der Waals surface area contributed by atoms with E-state index >= 15 is 0 Å². The maximum Gasteiger partial charge on any atom is 0.251 e. The van der Waals surface area contributed by atoms with Crippen LogP contribution in [0.3, 0.4) is 0 Å². The Balaban J connectivity index is 2.00. The number of aliphatic hydroxyl groups is 1. The molecule has 6 nitrogen and oxygen atoms in total. The highest BCUT2D eigenvalue weighted by molar-refractivity contribution is 5.98. The fourth-order valence-corrected chi connectivity index (χ4v) is 2.08. The number of benzene rings is 2. The number of hydrogen-bond donors (Lipinski definition) is 4. The van der Waals surface area contributed by atoms with Crippen molar-refractivity contribution in [1.82, 2.24) is 5.32 Å². The van der Waals surface area contributed by atoms with Crippen molar-refractivity contribution in [3.63, 3.8) is 0 Å². The Morgan fingerprint density at radius 3 is 1.96 bits per heavy atom. The molecule has 27 heavy (non-hydrogen) atoms. The normalized spacial score (nSPS) is 10.6. The predicted octanol–water partition coefficient (Wildman–Crippen LogP) is 0.414. The summed E-state index contributed by atoms with van der Waals surface area (Å²) in [7, 11) is 0. The molecule has 1 atom stereocenters. The maximum absolute atomic E-state index is 12.1. The summed E-state index contributed by atoms with van der Waals surface area (Å²) in [6, 6.07) is 12.0. The summed E-state index contributed by atoms with van der Waals surface area (Å²) in [6.07, 6.45) is 0. The summed E-state index contributed by atoms with van der Waals surface area (Å²) < 4.78 is 0. The van der Waals surface area contributed by atoms with Gasteiger partial charge in [-0.25, -0.2) is 0 Å². The van der Waals surface area contributed by atoms with Gasteiger partial charge in [-0.3, -0.25) is 9.59 Å². The first-order valence-electron chi connectivity index (χ1n) is 8.09. The molecule has 0 bridgehead atoms. The van der Waals surface area contributed by atoms with E-state index in [2.05, 4.69) is 29.0 Å². The molecule has 2 aromatic rings. The largest absolute Gasteiger partial charge is 0.508 e. The predicted molar refractivity (Wildman–Crippen MR) is 101 cm³/mol. The smallest absolute Gasteiger partial charge is 0.251 e. The molecule has 0 aliphatic heterocycles. The number of Topliss-reactive ketones (excluding diaryl/α,β-unsaturated/α-hetero) is 1. The van der Waals surface area contributed by atoms with Gasteiger partial charge < -0.3 is 21.3 Å². The van der Waals surface area contributed by atoms with E-state index in [9.17, 15) is 14.7 Å². The number of nitrogens with one attached hydrogen (secondary N) is 1. The molecule has 0 spiro atoms. The van der Waals surface area contributed by atoms with Crippen molar-refractivity contribution in [3.05, 3.63) is 65.2 Å². The number of aromatic hydroxyl groups is 1. The van der Waals surface area contributed by atoms with Crippen LogP contribution in [0.2, 0.25) is 0 Å². The third-order valence-corrected chi connectivity index (χ3v) is 3.58. The zero-order valence-corrected chi connectivity index (χ0v) is 14.4. The van der Waals surface area contributed by atoms with E-state index < -0.39 is 24.3 Å². The molecular formula is C21H18N2O4. The lowest BCUT2D eigenvalue weighted by Crippen LogP contribution is -2.46.